The SMILES string of the molecule is COc1cccc(CCC(=O)N2CCSc3ccc(Cl)cc32)c1OC. The summed E-state index contributed by atoms with van der Waals surface area (Å²) in [6, 6.07) is 11.4. The first-order valence-corrected chi connectivity index (χ1v) is 9.43. The van der Waals surface area contributed by atoms with Crippen LogP contribution in [0.3, 0.4) is 0 Å². The van der Waals surface area contributed by atoms with E-state index in [9.17, 15) is 4.79 Å². The Morgan fingerprint density at radius 3 is 2.84 bits per heavy atom. The van der Waals surface area contributed by atoms with Gasteiger partial charge in [-0.2, -0.15) is 0 Å². The number of methoxy groups -OCH3 is 2. The van der Waals surface area contributed by atoms with Crippen LogP contribution in [0.1, 0.15) is 12.0 Å². The van der Waals surface area contributed by atoms with Crippen molar-refractivity contribution in [3.05, 3.63) is 47.0 Å². The van der Waals surface area contributed by atoms with Gasteiger partial charge in [-0.15, -0.1) is 11.8 Å². The second kappa shape index (κ2) is 8.02. The molecule has 0 bridgehead atoms. The predicted molar refractivity (Wildman–Crippen MR) is 102 cm³/mol. The van der Waals surface area contributed by atoms with Gasteiger partial charge < -0.3 is 14.4 Å². The highest BCUT2D eigenvalue weighted by Crippen LogP contribution is 2.37. The van der Waals surface area contributed by atoms with Crippen LogP contribution in [0.15, 0.2) is 41.3 Å². The second-order valence-corrected chi connectivity index (χ2v) is 7.23. The van der Waals surface area contributed by atoms with E-state index in [1.807, 2.05) is 41.3 Å². The number of aryl methyl sites for hydroxylation is 1. The van der Waals surface area contributed by atoms with E-state index in [1.54, 1.807) is 26.0 Å². The normalized spacial score (nSPS) is 13.3. The fraction of sp³-hybridized carbons (Fsp3) is 0.316. The number of carbonyl (C=O) groups excluding carboxylic acids is 1. The van der Waals surface area contributed by atoms with E-state index in [-0.39, 0.29) is 5.91 Å². The summed E-state index contributed by atoms with van der Waals surface area (Å²) in [5.41, 5.74) is 1.87. The molecule has 3 rings (SSSR count). The average molecular weight is 378 g/mol. The van der Waals surface area contributed by atoms with Crippen molar-refractivity contribution in [1.82, 2.24) is 0 Å². The molecule has 1 heterocycles. The quantitative estimate of drug-likeness (QED) is 0.772. The lowest BCUT2D eigenvalue weighted by Crippen LogP contribution is -2.35. The number of hydrogen-bond donors (Lipinski definition) is 0. The number of hydrogen-bond acceptors (Lipinski definition) is 4. The molecule has 1 amide bonds. The number of carbonyl (C=O) groups is 1. The molecule has 1 aliphatic rings. The first-order chi connectivity index (χ1) is 12.1. The first kappa shape index (κ1) is 18.0. The molecule has 2 aromatic rings. The fourth-order valence-electron chi connectivity index (χ4n) is 2.98. The number of amides is 1. The smallest absolute Gasteiger partial charge is 0.227 e. The summed E-state index contributed by atoms with van der Waals surface area (Å²) in [4.78, 5) is 15.7. The number of anilines is 1. The lowest BCUT2D eigenvalue weighted by Gasteiger charge is -2.29. The number of ether oxygens (including phenoxy) is 2. The molecule has 132 valence electrons. The monoisotopic (exact) mass is 377 g/mol. The number of fused-ring (bicyclic) bond motifs is 1. The van der Waals surface area contributed by atoms with Gasteiger partial charge in [0.1, 0.15) is 0 Å². The van der Waals surface area contributed by atoms with Crippen molar-refractivity contribution >= 4 is 35.0 Å². The average Bonchev–Trinajstić information content (AvgIpc) is 2.64. The first-order valence-electron chi connectivity index (χ1n) is 8.06. The fourth-order valence-corrected chi connectivity index (χ4v) is 4.12. The van der Waals surface area contributed by atoms with Gasteiger partial charge in [0, 0.05) is 28.6 Å². The van der Waals surface area contributed by atoms with Crippen LogP contribution < -0.4 is 14.4 Å². The zero-order valence-corrected chi connectivity index (χ0v) is 15.8. The number of thioether (sulfide) groups is 1. The molecule has 0 radical (unpaired) electrons. The van der Waals surface area contributed by atoms with Crippen LogP contribution >= 0.6 is 23.4 Å². The lowest BCUT2D eigenvalue weighted by molar-refractivity contribution is -0.118. The van der Waals surface area contributed by atoms with Gasteiger partial charge in [-0.25, -0.2) is 0 Å². The Labute approximate surface area is 157 Å². The predicted octanol–water partition coefficient (Wildman–Crippen LogP) is 4.43. The highest BCUT2D eigenvalue weighted by molar-refractivity contribution is 7.99. The number of rotatable bonds is 5. The number of nitrogens with zero attached hydrogens (tertiary/aromatic N) is 1. The van der Waals surface area contributed by atoms with Crippen molar-refractivity contribution in [3.8, 4) is 11.5 Å². The molecule has 25 heavy (non-hydrogen) atoms. The largest absolute Gasteiger partial charge is 0.493 e. The lowest BCUT2D eigenvalue weighted by atomic mass is 10.1. The van der Waals surface area contributed by atoms with E-state index >= 15 is 0 Å². The van der Waals surface area contributed by atoms with Gasteiger partial charge >= 0.3 is 0 Å². The Hall–Kier alpha value is -1.85. The van der Waals surface area contributed by atoms with E-state index in [0.717, 1.165) is 21.9 Å². The minimum atomic E-state index is 0.0914. The Bertz CT molecular complexity index is 781. The molecule has 0 aromatic heterocycles. The molecule has 0 unspecified atom stereocenters. The molecular formula is C19H20ClNO3S. The molecule has 4 nitrogen and oxygen atoms in total. The molecule has 0 saturated carbocycles. The Balaban J connectivity index is 1.76. The van der Waals surface area contributed by atoms with Crippen LogP contribution in [0.2, 0.25) is 5.02 Å². The van der Waals surface area contributed by atoms with Crippen molar-refractivity contribution in [2.24, 2.45) is 0 Å². The van der Waals surface area contributed by atoms with Crippen LogP contribution in [-0.4, -0.2) is 32.4 Å². The molecule has 0 atom stereocenters. The third-order valence-electron chi connectivity index (χ3n) is 4.18. The van der Waals surface area contributed by atoms with E-state index in [4.69, 9.17) is 21.1 Å². The van der Waals surface area contributed by atoms with Gasteiger partial charge in [-0.1, -0.05) is 23.7 Å². The van der Waals surface area contributed by atoms with E-state index < -0.39 is 0 Å². The molecule has 0 N–H and O–H groups in total. The summed E-state index contributed by atoms with van der Waals surface area (Å²) in [5, 5.41) is 0.647. The summed E-state index contributed by atoms with van der Waals surface area (Å²) in [6.45, 7) is 0.700. The van der Waals surface area contributed by atoms with Crippen LogP contribution in [0.5, 0.6) is 11.5 Å². The Morgan fingerprint density at radius 2 is 2.08 bits per heavy atom. The Kier molecular flexibility index (Phi) is 5.76. The van der Waals surface area contributed by atoms with Crippen molar-refractivity contribution in [2.75, 3.05) is 31.4 Å². The number of benzene rings is 2. The van der Waals surface area contributed by atoms with Gasteiger partial charge in [-0.3, -0.25) is 4.79 Å². The molecule has 0 aliphatic carbocycles. The van der Waals surface area contributed by atoms with Gasteiger partial charge in [-0.05, 0) is 36.2 Å². The zero-order chi connectivity index (χ0) is 17.8. The van der Waals surface area contributed by atoms with Crippen molar-refractivity contribution < 1.29 is 14.3 Å². The molecule has 2 aromatic carbocycles. The highest BCUT2D eigenvalue weighted by Gasteiger charge is 2.23. The van der Waals surface area contributed by atoms with E-state index in [0.29, 0.717) is 35.9 Å². The maximum absolute atomic E-state index is 12.8. The minimum Gasteiger partial charge on any atom is -0.493 e. The second-order valence-electron chi connectivity index (χ2n) is 5.66. The van der Waals surface area contributed by atoms with E-state index in [1.165, 1.54) is 0 Å². The molecular weight excluding hydrogens is 358 g/mol. The molecule has 0 fully saturated rings. The number of halogens is 1. The van der Waals surface area contributed by atoms with Gasteiger partial charge in [0.05, 0.1) is 19.9 Å². The highest BCUT2D eigenvalue weighted by atomic mass is 35.5. The van der Waals surface area contributed by atoms with Gasteiger partial charge in [0.25, 0.3) is 0 Å². The minimum absolute atomic E-state index is 0.0914. The van der Waals surface area contributed by atoms with Gasteiger partial charge in [0.15, 0.2) is 11.5 Å². The van der Waals surface area contributed by atoms with Crippen LogP contribution in [0.4, 0.5) is 5.69 Å². The van der Waals surface area contributed by atoms with Crippen LogP contribution in [0.25, 0.3) is 0 Å². The zero-order valence-electron chi connectivity index (χ0n) is 14.3. The maximum Gasteiger partial charge on any atom is 0.227 e. The van der Waals surface area contributed by atoms with Crippen LogP contribution in [0, 0.1) is 0 Å². The summed E-state index contributed by atoms with van der Waals surface area (Å²) >= 11 is 7.87. The molecule has 1 aliphatic heterocycles. The Morgan fingerprint density at radius 1 is 1.24 bits per heavy atom. The van der Waals surface area contributed by atoms with Crippen molar-refractivity contribution in [2.45, 2.75) is 17.7 Å². The third kappa shape index (κ3) is 3.88. The summed E-state index contributed by atoms with van der Waals surface area (Å²) < 4.78 is 10.8. The summed E-state index contributed by atoms with van der Waals surface area (Å²) in [7, 11) is 3.22. The molecule has 6 heteroatoms. The van der Waals surface area contributed by atoms with E-state index in [2.05, 4.69) is 0 Å². The summed E-state index contributed by atoms with van der Waals surface area (Å²) in [5.74, 6) is 2.35. The van der Waals surface area contributed by atoms with Crippen molar-refractivity contribution in [3.63, 3.8) is 0 Å². The molecule has 0 spiro atoms. The third-order valence-corrected chi connectivity index (χ3v) is 5.46. The van der Waals surface area contributed by atoms with Gasteiger partial charge in [0.2, 0.25) is 5.91 Å². The standard InChI is InChI=1S/C19H20ClNO3S/c1-23-16-5-3-4-13(19(16)24-2)6-9-18(22)21-10-11-25-17-8-7-14(20)12-15(17)21/h3-5,7-8,12H,6,9-11H2,1-2H3. The number of para-hydroxylation sites is 1. The summed E-state index contributed by atoms with van der Waals surface area (Å²) in [6.07, 6.45) is 0.999. The van der Waals surface area contributed by atoms with Crippen molar-refractivity contribution in [1.29, 1.82) is 0 Å². The van der Waals surface area contributed by atoms with Crippen LogP contribution in [-0.2, 0) is 11.2 Å². The molecule has 0 saturated heterocycles. The topological polar surface area (TPSA) is 38.8 Å². The maximum atomic E-state index is 12.8.